The molecule has 0 aliphatic heterocycles. The lowest BCUT2D eigenvalue weighted by atomic mass is 10.1. The summed E-state index contributed by atoms with van der Waals surface area (Å²) in [6.45, 7) is 0.883. The van der Waals surface area contributed by atoms with Crippen molar-refractivity contribution in [3.8, 4) is 5.75 Å². The fourth-order valence-corrected chi connectivity index (χ4v) is 1.66. The first kappa shape index (κ1) is 17.1. The summed E-state index contributed by atoms with van der Waals surface area (Å²) in [4.78, 5) is 1.91. The normalized spacial score (nSPS) is 12.8. The minimum Gasteiger partial charge on any atom is -0.493 e. The van der Waals surface area contributed by atoms with Crippen molar-refractivity contribution >= 4 is 5.84 Å². The van der Waals surface area contributed by atoms with Crippen molar-refractivity contribution in [1.82, 2.24) is 4.90 Å². The Kier molecular flexibility index (Phi) is 5.83. The van der Waals surface area contributed by atoms with Crippen LogP contribution in [0.4, 0.5) is 13.2 Å². The van der Waals surface area contributed by atoms with Gasteiger partial charge >= 0.3 is 6.18 Å². The molecule has 5 nitrogen and oxygen atoms in total. The molecular formula is C13H18F3N3O2. The summed E-state index contributed by atoms with van der Waals surface area (Å²) in [5, 5.41) is 11.2. The molecule has 0 amide bonds. The van der Waals surface area contributed by atoms with Crippen molar-refractivity contribution < 1.29 is 23.1 Å². The molecule has 0 aliphatic carbocycles. The Morgan fingerprint density at radius 1 is 1.38 bits per heavy atom. The molecule has 0 unspecified atom stereocenters. The highest BCUT2D eigenvalue weighted by atomic mass is 19.4. The lowest BCUT2D eigenvalue weighted by Crippen LogP contribution is -2.18. The summed E-state index contributed by atoms with van der Waals surface area (Å²) < 4.78 is 44.2. The molecule has 3 N–H and O–H groups in total. The number of halogens is 3. The Labute approximate surface area is 120 Å². The van der Waals surface area contributed by atoms with Gasteiger partial charge in [0.1, 0.15) is 5.75 Å². The first-order valence-corrected chi connectivity index (χ1v) is 6.22. The van der Waals surface area contributed by atoms with E-state index in [9.17, 15) is 13.2 Å². The smallest absolute Gasteiger partial charge is 0.419 e. The van der Waals surface area contributed by atoms with Gasteiger partial charge in [0.15, 0.2) is 5.84 Å². The highest BCUT2D eigenvalue weighted by Gasteiger charge is 2.35. The van der Waals surface area contributed by atoms with Crippen LogP contribution in [0, 0.1) is 0 Å². The molecule has 0 atom stereocenters. The van der Waals surface area contributed by atoms with Crippen LogP contribution in [-0.4, -0.2) is 43.2 Å². The molecule has 0 radical (unpaired) electrons. The molecule has 0 aliphatic rings. The second-order valence-corrected chi connectivity index (χ2v) is 4.70. The van der Waals surface area contributed by atoms with Crippen molar-refractivity contribution in [3.63, 3.8) is 0 Å². The Balaban J connectivity index is 2.93. The zero-order valence-corrected chi connectivity index (χ0v) is 11.8. The predicted octanol–water partition coefficient (Wildman–Crippen LogP) is 2.13. The van der Waals surface area contributed by atoms with E-state index in [0.717, 1.165) is 6.07 Å². The molecule has 0 bridgehead atoms. The molecule has 0 heterocycles. The van der Waals surface area contributed by atoms with E-state index < -0.39 is 11.7 Å². The fraction of sp³-hybridized carbons (Fsp3) is 0.462. The maximum atomic E-state index is 13.0. The van der Waals surface area contributed by atoms with E-state index in [1.165, 1.54) is 12.1 Å². The molecule has 1 rings (SSSR count). The van der Waals surface area contributed by atoms with Crippen LogP contribution < -0.4 is 10.5 Å². The Hall–Kier alpha value is -1.96. The van der Waals surface area contributed by atoms with Crippen LogP contribution in [0.25, 0.3) is 0 Å². The molecular weight excluding hydrogens is 287 g/mol. The van der Waals surface area contributed by atoms with Gasteiger partial charge in [-0.15, -0.1) is 0 Å². The van der Waals surface area contributed by atoms with Gasteiger partial charge in [0.2, 0.25) is 0 Å². The first-order chi connectivity index (χ1) is 9.75. The third-order valence-corrected chi connectivity index (χ3v) is 2.70. The number of rotatable bonds is 6. The minimum atomic E-state index is -4.58. The topological polar surface area (TPSA) is 71.1 Å². The van der Waals surface area contributed by atoms with Gasteiger partial charge < -0.3 is 20.6 Å². The van der Waals surface area contributed by atoms with E-state index in [1.54, 1.807) is 0 Å². The number of hydrogen-bond donors (Lipinski definition) is 2. The van der Waals surface area contributed by atoms with Crippen LogP contribution in [0.1, 0.15) is 17.5 Å². The molecule has 0 fully saturated rings. The molecule has 0 aromatic heterocycles. The van der Waals surface area contributed by atoms with E-state index in [0.29, 0.717) is 13.0 Å². The lowest BCUT2D eigenvalue weighted by molar-refractivity contribution is -0.139. The summed E-state index contributed by atoms with van der Waals surface area (Å²) in [5.41, 5.74) is 4.33. The number of amidine groups is 1. The fourth-order valence-electron chi connectivity index (χ4n) is 1.66. The molecule has 21 heavy (non-hydrogen) atoms. The van der Waals surface area contributed by atoms with E-state index in [-0.39, 0.29) is 23.8 Å². The van der Waals surface area contributed by atoms with Crippen LogP contribution in [0.15, 0.2) is 23.4 Å². The molecule has 8 heteroatoms. The van der Waals surface area contributed by atoms with E-state index in [1.807, 2.05) is 19.0 Å². The van der Waals surface area contributed by atoms with Crippen molar-refractivity contribution in [1.29, 1.82) is 0 Å². The number of nitrogens with two attached hydrogens (primary N) is 1. The Morgan fingerprint density at radius 2 is 2.05 bits per heavy atom. The molecule has 0 saturated heterocycles. The number of alkyl halides is 3. The van der Waals surface area contributed by atoms with E-state index in [2.05, 4.69) is 5.16 Å². The standard InChI is InChI=1S/C13H18F3N3O2/c1-19(2)6-3-7-21-11-5-4-9(12(17)18-20)8-10(11)13(14,15)16/h4-5,8,20H,3,6-7H2,1-2H3,(H2,17,18). The van der Waals surface area contributed by atoms with Crippen molar-refractivity contribution in [2.24, 2.45) is 10.9 Å². The number of oxime groups is 1. The summed E-state index contributed by atoms with van der Waals surface area (Å²) >= 11 is 0. The van der Waals surface area contributed by atoms with Gasteiger partial charge in [-0.3, -0.25) is 0 Å². The maximum absolute atomic E-state index is 13.0. The van der Waals surface area contributed by atoms with Crippen LogP contribution in [0.2, 0.25) is 0 Å². The molecule has 1 aromatic rings. The Bertz CT molecular complexity index is 502. The molecule has 0 saturated carbocycles. The summed E-state index contributed by atoms with van der Waals surface area (Å²) in [5.74, 6) is -0.657. The predicted molar refractivity (Wildman–Crippen MR) is 72.6 cm³/mol. The average Bonchev–Trinajstić information content (AvgIpc) is 2.41. The third kappa shape index (κ3) is 5.14. The van der Waals surface area contributed by atoms with Crippen LogP contribution in [0.3, 0.4) is 0 Å². The number of ether oxygens (including phenoxy) is 1. The third-order valence-electron chi connectivity index (χ3n) is 2.70. The van der Waals surface area contributed by atoms with Crippen LogP contribution >= 0.6 is 0 Å². The number of hydrogen-bond acceptors (Lipinski definition) is 4. The van der Waals surface area contributed by atoms with Gasteiger partial charge in [0.05, 0.1) is 12.2 Å². The average molecular weight is 305 g/mol. The quantitative estimate of drug-likeness (QED) is 0.278. The maximum Gasteiger partial charge on any atom is 0.419 e. The van der Waals surface area contributed by atoms with Gasteiger partial charge in [-0.05, 0) is 38.7 Å². The largest absolute Gasteiger partial charge is 0.493 e. The zero-order valence-electron chi connectivity index (χ0n) is 11.8. The summed E-state index contributed by atoms with van der Waals surface area (Å²) in [6.07, 6.45) is -3.98. The first-order valence-electron chi connectivity index (χ1n) is 6.22. The molecule has 118 valence electrons. The summed E-state index contributed by atoms with van der Waals surface area (Å²) in [6, 6.07) is 3.29. The van der Waals surface area contributed by atoms with Crippen molar-refractivity contribution in [2.45, 2.75) is 12.6 Å². The Morgan fingerprint density at radius 3 is 2.57 bits per heavy atom. The molecule has 0 spiro atoms. The van der Waals surface area contributed by atoms with Gasteiger partial charge in [0.25, 0.3) is 0 Å². The highest BCUT2D eigenvalue weighted by Crippen LogP contribution is 2.36. The number of benzene rings is 1. The number of nitrogens with zero attached hydrogens (tertiary/aromatic N) is 2. The molecule has 1 aromatic carbocycles. The highest BCUT2D eigenvalue weighted by molar-refractivity contribution is 5.97. The van der Waals surface area contributed by atoms with Gasteiger partial charge in [-0.2, -0.15) is 13.2 Å². The van der Waals surface area contributed by atoms with Gasteiger partial charge in [-0.25, -0.2) is 0 Å². The summed E-state index contributed by atoms with van der Waals surface area (Å²) in [7, 11) is 3.74. The lowest BCUT2D eigenvalue weighted by Gasteiger charge is -2.16. The SMILES string of the molecule is CN(C)CCCOc1ccc(/C(N)=N/O)cc1C(F)(F)F. The van der Waals surface area contributed by atoms with Crippen LogP contribution in [-0.2, 0) is 6.18 Å². The zero-order chi connectivity index (χ0) is 16.0. The monoisotopic (exact) mass is 305 g/mol. The van der Waals surface area contributed by atoms with E-state index >= 15 is 0 Å². The van der Waals surface area contributed by atoms with Crippen LogP contribution in [0.5, 0.6) is 5.75 Å². The van der Waals surface area contributed by atoms with Crippen molar-refractivity contribution in [3.05, 3.63) is 29.3 Å². The minimum absolute atomic E-state index is 0.0227. The van der Waals surface area contributed by atoms with Gasteiger partial charge in [-0.1, -0.05) is 5.16 Å². The van der Waals surface area contributed by atoms with E-state index in [4.69, 9.17) is 15.7 Å². The second-order valence-electron chi connectivity index (χ2n) is 4.70. The van der Waals surface area contributed by atoms with Crippen molar-refractivity contribution in [2.75, 3.05) is 27.2 Å². The van der Waals surface area contributed by atoms with Gasteiger partial charge in [0, 0.05) is 12.1 Å². The second kappa shape index (κ2) is 7.16.